The number of benzene rings is 2. The molecule has 1 aromatic heterocycles. The molecule has 0 spiro atoms. The van der Waals surface area contributed by atoms with Gasteiger partial charge in [-0.3, -0.25) is 4.90 Å². The number of aliphatic hydroxyl groups is 1. The fourth-order valence-electron chi connectivity index (χ4n) is 5.00. The van der Waals surface area contributed by atoms with Crippen molar-refractivity contribution in [3.8, 4) is 17.2 Å². The predicted octanol–water partition coefficient (Wildman–Crippen LogP) is 4.30. The molecule has 1 N–H and O–H groups in total. The fraction of sp³-hybridized carbons (Fsp3) is 0.435. The number of nitrogens with zero attached hydrogens (tertiary/aromatic N) is 2. The maximum atomic E-state index is 10.1. The molecule has 3 heterocycles. The third-order valence-electron chi connectivity index (χ3n) is 6.42. The van der Waals surface area contributed by atoms with Gasteiger partial charge < -0.3 is 14.3 Å². The number of hydrogen-bond acceptors (Lipinski definition) is 5. The molecule has 0 saturated carbocycles. The second-order valence-electron chi connectivity index (χ2n) is 8.07. The van der Waals surface area contributed by atoms with E-state index in [4.69, 9.17) is 14.1 Å². The highest BCUT2D eigenvalue weighted by Gasteiger charge is 2.40. The second kappa shape index (κ2) is 6.90. The lowest BCUT2D eigenvalue weighted by molar-refractivity contribution is 0.0302. The molecule has 3 atom stereocenters. The van der Waals surface area contributed by atoms with Gasteiger partial charge in [0.1, 0.15) is 11.5 Å². The number of aryl methyl sites for hydroxylation is 1. The van der Waals surface area contributed by atoms with Crippen LogP contribution in [0, 0.1) is 6.92 Å². The molecule has 2 bridgehead atoms. The maximum Gasteiger partial charge on any atom is 0.227 e. The predicted molar refractivity (Wildman–Crippen MR) is 108 cm³/mol. The number of rotatable bonds is 4. The number of hydrogen-bond donors (Lipinski definition) is 1. The molecule has 5 heteroatoms. The van der Waals surface area contributed by atoms with Crippen molar-refractivity contribution in [3.05, 3.63) is 47.9 Å². The van der Waals surface area contributed by atoms with Crippen molar-refractivity contribution in [2.45, 2.75) is 57.3 Å². The molecule has 2 aliphatic rings. The van der Waals surface area contributed by atoms with E-state index in [1.165, 1.54) is 12.8 Å². The van der Waals surface area contributed by atoms with Crippen LogP contribution < -0.4 is 4.74 Å². The molecule has 1 unspecified atom stereocenters. The zero-order valence-electron chi connectivity index (χ0n) is 16.4. The molecule has 5 nitrogen and oxygen atoms in total. The molecule has 3 aromatic rings. The van der Waals surface area contributed by atoms with Gasteiger partial charge in [0.2, 0.25) is 5.89 Å². The highest BCUT2D eigenvalue weighted by molar-refractivity contribution is 5.98. The van der Waals surface area contributed by atoms with E-state index in [9.17, 15) is 5.11 Å². The Hall–Kier alpha value is -2.37. The normalized spacial score (nSPS) is 24.8. The van der Waals surface area contributed by atoms with Crippen molar-refractivity contribution >= 4 is 10.8 Å². The van der Waals surface area contributed by atoms with Crippen LogP contribution in [0.15, 0.2) is 40.8 Å². The number of piperidine rings is 1. The molecule has 146 valence electrons. The summed E-state index contributed by atoms with van der Waals surface area (Å²) in [5.41, 5.74) is 1.99. The number of ether oxygens (including phenoxy) is 1. The molecular formula is C23H26N2O3. The van der Waals surface area contributed by atoms with Gasteiger partial charge in [0.05, 0.1) is 18.9 Å². The van der Waals surface area contributed by atoms with Crippen molar-refractivity contribution in [1.82, 2.24) is 9.88 Å². The molecule has 2 aliphatic heterocycles. The second-order valence-corrected chi connectivity index (χ2v) is 8.07. The lowest BCUT2D eigenvalue weighted by Crippen LogP contribution is -2.44. The summed E-state index contributed by atoms with van der Waals surface area (Å²) in [7, 11) is 1.69. The smallest absolute Gasteiger partial charge is 0.227 e. The molecule has 0 amide bonds. The van der Waals surface area contributed by atoms with Crippen LogP contribution in [0.3, 0.4) is 0 Å². The summed E-state index contributed by atoms with van der Waals surface area (Å²) in [5.74, 6) is 2.39. The van der Waals surface area contributed by atoms with Crippen molar-refractivity contribution < 1.29 is 14.3 Å². The highest BCUT2D eigenvalue weighted by Crippen LogP contribution is 2.38. The van der Waals surface area contributed by atoms with Gasteiger partial charge in [-0.25, -0.2) is 4.98 Å². The Morgan fingerprint density at radius 3 is 2.54 bits per heavy atom. The van der Waals surface area contributed by atoms with Gasteiger partial charge in [-0.1, -0.05) is 24.3 Å². The first kappa shape index (κ1) is 17.7. The van der Waals surface area contributed by atoms with Crippen LogP contribution in [-0.2, 0) is 6.54 Å². The van der Waals surface area contributed by atoms with E-state index in [1.54, 1.807) is 7.11 Å². The molecule has 2 fully saturated rings. The van der Waals surface area contributed by atoms with Crippen molar-refractivity contribution in [3.63, 3.8) is 0 Å². The number of methoxy groups -OCH3 is 1. The van der Waals surface area contributed by atoms with Gasteiger partial charge in [-0.05, 0) is 50.1 Å². The zero-order valence-corrected chi connectivity index (χ0v) is 16.4. The summed E-state index contributed by atoms with van der Waals surface area (Å²) in [6, 6.07) is 13.1. The average Bonchev–Trinajstić information content (AvgIpc) is 3.17. The Morgan fingerprint density at radius 1 is 1.11 bits per heavy atom. The monoisotopic (exact) mass is 378 g/mol. The summed E-state index contributed by atoms with van der Waals surface area (Å²) in [4.78, 5) is 7.41. The van der Waals surface area contributed by atoms with Crippen LogP contribution >= 0.6 is 0 Å². The van der Waals surface area contributed by atoms with Gasteiger partial charge in [0.25, 0.3) is 0 Å². The van der Waals surface area contributed by atoms with Gasteiger partial charge >= 0.3 is 0 Å². The lowest BCUT2D eigenvalue weighted by Gasteiger charge is -2.36. The third-order valence-corrected chi connectivity index (χ3v) is 6.42. The van der Waals surface area contributed by atoms with Crippen LogP contribution in [0.1, 0.15) is 37.1 Å². The minimum absolute atomic E-state index is 0.145. The van der Waals surface area contributed by atoms with Gasteiger partial charge in [-0.2, -0.15) is 0 Å². The Labute approximate surface area is 164 Å². The van der Waals surface area contributed by atoms with E-state index in [0.717, 1.165) is 52.9 Å². The largest absolute Gasteiger partial charge is 0.496 e. The first-order valence-corrected chi connectivity index (χ1v) is 10.1. The van der Waals surface area contributed by atoms with E-state index < -0.39 is 0 Å². The number of aliphatic hydroxyl groups excluding tert-OH is 1. The van der Waals surface area contributed by atoms with Crippen LogP contribution in [0.2, 0.25) is 0 Å². The average molecular weight is 378 g/mol. The summed E-state index contributed by atoms with van der Waals surface area (Å²) in [5, 5.41) is 12.2. The number of fused-ring (bicyclic) bond motifs is 3. The van der Waals surface area contributed by atoms with Gasteiger partial charge in [0.15, 0.2) is 0 Å². The molecule has 0 aliphatic carbocycles. The zero-order chi connectivity index (χ0) is 19.3. The van der Waals surface area contributed by atoms with Gasteiger partial charge in [0, 0.05) is 29.6 Å². The van der Waals surface area contributed by atoms with Crippen LogP contribution in [0.25, 0.3) is 22.2 Å². The summed E-state index contributed by atoms with van der Waals surface area (Å²) in [6.07, 6.45) is 3.96. The highest BCUT2D eigenvalue weighted by atomic mass is 16.5. The SMILES string of the molecule is COc1ccc(-c2nc(CN3[C@@H]4CC[C@H]3CC(O)C4)c(C)o2)c2ccccc12. The quantitative estimate of drug-likeness (QED) is 0.733. The summed E-state index contributed by atoms with van der Waals surface area (Å²) >= 11 is 0. The molecular weight excluding hydrogens is 352 g/mol. The van der Waals surface area contributed by atoms with Crippen molar-refractivity contribution in [2.75, 3.05) is 7.11 Å². The van der Waals surface area contributed by atoms with Crippen LogP contribution in [0.4, 0.5) is 0 Å². The standard InChI is InChI=1S/C23H26N2O3/c1-14-21(13-25-15-7-8-16(25)12-17(26)11-15)24-23(28-14)20-9-10-22(27-2)19-6-4-3-5-18(19)20/h3-6,9-10,15-17,26H,7-8,11-13H2,1-2H3/t15-,16+,17?. The van der Waals surface area contributed by atoms with E-state index >= 15 is 0 Å². The maximum absolute atomic E-state index is 10.1. The topological polar surface area (TPSA) is 58.7 Å². The third kappa shape index (κ3) is 2.90. The Balaban J connectivity index is 1.49. The molecule has 5 rings (SSSR count). The molecule has 28 heavy (non-hydrogen) atoms. The minimum Gasteiger partial charge on any atom is -0.496 e. The summed E-state index contributed by atoms with van der Waals surface area (Å²) < 4.78 is 11.6. The first-order valence-electron chi connectivity index (χ1n) is 10.1. The number of aromatic nitrogens is 1. The van der Waals surface area contributed by atoms with Crippen molar-refractivity contribution in [1.29, 1.82) is 0 Å². The molecule has 2 saturated heterocycles. The van der Waals surface area contributed by atoms with Crippen LogP contribution in [-0.4, -0.2) is 40.3 Å². The van der Waals surface area contributed by atoms with Crippen molar-refractivity contribution in [2.24, 2.45) is 0 Å². The van der Waals surface area contributed by atoms with E-state index in [1.807, 2.05) is 31.2 Å². The fourth-order valence-corrected chi connectivity index (χ4v) is 5.00. The molecule has 0 radical (unpaired) electrons. The van der Waals surface area contributed by atoms with E-state index in [2.05, 4.69) is 17.0 Å². The molecule has 2 aromatic carbocycles. The first-order chi connectivity index (χ1) is 13.6. The summed E-state index contributed by atoms with van der Waals surface area (Å²) in [6.45, 7) is 2.80. The van der Waals surface area contributed by atoms with Crippen LogP contribution in [0.5, 0.6) is 5.75 Å². The number of oxazole rings is 1. The lowest BCUT2D eigenvalue weighted by atomic mass is 9.99. The Morgan fingerprint density at radius 2 is 1.82 bits per heavy atom. The Bertz CT molecular complexity index is 998. The minimum atomic E-state index is -0.145. The van der Waals surface area contributed by atoms with E-state index in [-0.39, 0.29) is 6.10 Å². The van der Waals surface area contributed by atoms with E-state index in [0.29, 0.717) is 18.0 Å². The Kier molecular flexibility index (Phi) is 4.37. The van der Waals surface area contributed by atoms with Gasteiger partial charge in [-0.15, -0.1) is 0 Å².